The summed E-state index contributed by atoms with van der Waals surface area (Å²) in [5.74, 6) is 0. The Kier molecular flexibility index (Phi) is 7.50. The van der Waals surface area contributed by atoms with Gasteiger partial charge in [0.25, 0.3) is 0 Å². The van der Waals surface area contributed by atoms with Gasteiger partial charge < -0.3 is 5.11 Å². The minimum absolute atomic E-state index is 0.139. The van der Waals surface area contributed by atoms with E-state index in [1.807, 2.05) is 0 Å². The molecule has 0 aliphatic rings. The Balaban J connectivity index is 3.76. The number of rotatable bonds is 6. The number of hydrogen-bond acceptors (Lipinski definition) is 1. The molecule has 0 aliphatic carbocycles. The molecule has 0 rings (SSSR count). The van der Waals surface area contributed by atoms with Gasteiger partial charge in [0, 0.05) is 0 Å². The summed E-state index contributed by atoms with van der Waals surface area (Å²) >= 11 is 2.22. The van der Waals surface area contributed by atoms with Crippen LogP contribution in [-0.4, -0.2) is 11.7 Å². The van der Waals surface area contributed by atoms with Crippen molar-refractivity contribution in [2.24, 2.45) is 0 Å². The SMILES string of the molecule is C=CC/C(=C\CCC(=C)I)CO. The van der Waals surface area contributed by atoms with Crippen LogP contribution in [0.3, 0.4) is 0 Å². The molecule has 0 aromatic carbocycles. The van der Waals surface area contributed by atoms with Crippen LogP contribution in [0.4, 0.5) is 0 Å². The average Bonchev–Trinajstić information content (AvgIpc) is 2.02. The van der Waals surface area contributed by atoms with E-state index in [0.717, 1.165) is 28.4 Å². The van der Waals surface area contributed by atoms with Gasteiger partial charge >= 0.3 is 0 Å². The molecule has 0 saturated carbocycles. The van der Waals surface area contributed by atoms with Crippen molar-refractivity contribution in [1.29, 1.82) is 0 Å². The minimum atomic E-state index is 0.139. The Labute approximate surface area is 88.0 Å². The second kappa shape index (κ2) is 7.55. The highest BCUT2D eigenvalue weighted by molar-refractivity contribution is 14.1. The molecule has 0 unspecified atom stereocenters. The largest absolute Gasteiger partial charge is 0.392 e. The van der Waals surface area contributed by atoms with E-state index in [9.17, 15) is 0 Å². The fourth-order valence-electron chi connectivity index (χ4n) is 0.831. The molecular formula is C10H15IO. The number of allylic oxidation sites excluding steroid dienone is 3. The van der Waals surface area contributed by atoms with Crippen LogP contribution < -0.4 is 0 Å². The Morgan fingerprint density at radius 1 is 1.50 bits per heavy atom. The molecule has 0 amide bonds. The van der Waals surface area contributed by atoms with Gasteiger partial charge in [-0.1, -0.05) is 18.7 Å². The maximum Gasteiger partial charge on any atom is 0.0644 e. The Morgan fingerprint density at radius 3 is 2.58 bits per heavy atom. The molecule has 0 aliphatic heterocycles. The molecular weight excluding hydrogens is 263 g/mol. The molecule has 0 atom stereocenters. The highest BCUT2D eigenvalue weighted by Crippen LogP contribution is 2.12. The molecule has 0 radical (unpaired) electrons. The molecule has 0 heterocycles. The van der Waals surface area contributed by atoms with Gasteiger partial charge in [0.2, 0.25) is 0 Å². The third-order valence-electron chi connectivity index (χ3n) is 1.46. The summed E-state index contributed by atoms with van der Waals surface area (Å²) in [4.78, 5) is 0. The summed E-state index contributed by atoms with van der Waals surface area (Å²) in [6, 6.07) is 0. The van der Waals surface area contributed by atoms with E-state index < -0.39 is 0 Å². The van der Waals surface area contributed by atoms with Crippen LogP contribution >= 0.6 is 22.6 Å². The molecule has 0 bridgehead atoms. The molecule has 0 spiro atoms. The summed E-state index contributed by atoms with van der Waals surface area (Å²) < 4.78 is 1.15. The van der Waals surface area contributed by atoms with E-state index in [4.69, 9.17) is 5.11 Å². The lowest BCUT2D eigenvalue weighted by Gasteiger charge is -1.99. The molecule has 1 N–H and O–H groups in total. The van der Waals surface area contributed by atoms with Crippen molar-refractivity contribution >= 4 is 22.6 Å². The predicted octanol–water partition coefficient (Wildman–Crippen LogP) is 3.21. The third-order valence-corrected chi connectivity index (χ3v) is 2.00. The molecule has 2 heteroatoms. The Hall–Kier alpha value is -0.0900. The lowest BCUT2D eigenvalue weighted by atomic mass is 10.1. The van der Waals surface area contributed by atoms with Crippen LogP contribution in [0.1, 0.15) is 19.3 Å². The van der Waals surface area contributed by atoms with Crippen LogP contribution in [0.15, 0.2) is 34.5 Å². The van der Waals surface area contributed by atoms with E-state index in [0.29, 0.717) is 0 Å². The molecule has 1 nitrogen and oxygen atoms in total. The van der Waals surface area contributed by atoms with Crippen LogP contribution in [0.5, 0.6) is 0 Å². The summed E-state index contributed by atoms with van der Waals surface area (Å²) in [5.41, 5.74) is 1.04. The molecule has 0 fully saturated rings. The van der Waals surface area contributed by atoms with Crippen molar-refractivity contribution in [3.05, 3.63) is 34.5 Å². The standard InChI is InChI=1S/C10H15IO/c1-3-5-10(8-12)7-4-6-9(2)11/h3,7,12H,1-2,4-6,8H2/b10-7+. The predicted molar refractivity (Wildman–Crippen MR) is 62.4 cm³/mol. The second-order valence-electron chi connectivity index (χ2n) is 2.57. The summed E-state index contributed by atoms with van der Waals surface area (Å²) in [7, 11) is 0. The topological polar surface area (TPSA) is 20.2 Å². The van der Waals surface area contributed by atoms with Crippen molar-refractivity contribution in [2.45, 2.75) is 19.3 Å². The van der Waals surface area contributed by atoms with E-state index in [1.54, 1.807) is 6.08 Å². The highest BCUT2D eigenvalue weighted by Gasteiger charge is 1.92. The highest BCUT2D eigenvalue weighted by atomic mass is 127. The smallest absolute Gasteiger partial charge is 0.0644 e. The van der Waals surface area contributed by atoms with Crippen LogP contribution in [0.2, 0.25) is 0 Å². The molecule has 68 valence electrons. The molecule has 12 heavy (non-hydrogen) atoms. The van der Waals surface area contributed by atoms with Crippen molar-refractivity contribution in [3.8, 4) is 0 Å². The van der Waals surface area contributed by atoms with Gasteiger partial charge in [0.1, 0.15) is 0 Å². The number of hydrogen-bond donors (Lipinski definition) is 1. The zero-order valence-corrected chi connectivity index (χ0v) is 9.38. The number of aliphatic hydroxyl groups excluding tert-OH is 1. The lowest BCUT2D eigenvalue weighted by Crippen LogP contribution is -1.88. The van der Waals surface area contributed by atoms with Gasteiger partial charge in [-0.25, -0.2) is 0 Å². The number of halogens is 1. The second-order valence-corrected chi connectivity index (χ2v) is 4.09. The first kappa shape index (κ1) is 11.9. The van der Waals surface area contributed by atoms with Crippen molar-refractivity contribution in [3.63, 3.8) is 0 Å². The van der Waals surface area contributed by atoms with E-state index in [1.165, 1.54) is 0 Å². The first-order chi connectivity index (χ1) is 5.70. The Bertz CT molecular complexity index is 182. The quantitative estimate of drug-likeness (QED) is 0.584. The average molecular weight is 278 g/mol. The lowest BCUT2D eigenvalue weighted by molar-refractivity contribution is 0.328. The third kappa shape index (κ3) is 6.61. The Morgan fingerprint density at radius 2 is 2.17 bits per heavy atom. The first-order valence-electron chi connectivity index (χ1n) is 3.93. The van der Waals surface area contributed by atoms with E-state index >= 15 is 0 Å². The minimum Gasteiger partial charge on any atom is -0.392 e. The van der Waals surface area contributed by atoms with Crippen molar-refractivity contribution in [1.82, 2.24) is 0 Å². The number of aliphatic hydroxyl groups is 1. The van der Waals surface area contributed by atoms with Crippen LogP contribution in [-0.2, 0) is 0 Å². The van der Waals surface area contributed by atoms with Gasteiger partial charge in [-0.2, -0.15) is 0 Å². The van der Waals surface area contributed by atoms with Crippen LogP contribution in [0.25, 0.3) is 0 Å². The zero-order valence-electron chi connectivity index (χ0n) is 7.22. The monoisotopic (exact) mass is 278 g/mol. The molecule has 0 aromatic rings. The maximum absolute atomic E-state index is 8.88. The first-order valence-corrected chi connectivity index (χ1v) is 5.01. The fourth-order valence-corrected chi connectivity index (χ4v) is 1.14. The summed E-state index contributed by atoms with van der Waals surface area (Å²) in [6.07, 6.45) is 6.60. The maximum atomic E-state index is 8.88. The van der Waals surface area contributed by atoms with Crippen molar-refractivity contribution < 1.29 is 5.11 Å². The normalized spacial score (nSPS) is 11.3. The zero-order chi connectivity index (χ0) is 9.40. The molecule has 0 saturated heterocycles. The van der Waals surface area contributed by atoms with Gasteiger partial charge in [0.15, 0.2) is 0 Å². The van der Waals surface area contributed by atoms with Crippen molar-refractivity contribution in [2.75, 3.05) is 6.61 Å². The summed E-state index contributed by atoms with van der Waals surface area (Å²) in [5, 5.41) is 8.88. The van der Waals surface area contributed by atoms with Gasteiger partial charge in [-0.05, 0) is 51.0 Å². The van der Waals surface area contributed by atoms with Gasteiger partial charge in [0.05, 0.1) is 6.61 Å². The summed E-state index contributed by atoms with van der Waals surface area (Å²) in [6.45, 7) is 7.56. The van der Waals surface area contributed by atoms with Gasteiger partial charge in [-0.15, -0.1) is 6.58 Å². The molecule has 0 aromatic heterocycles. The van der Waals surface area contributed by atoms with Crippen LogP contribution in [0, 0.1) is 0 Å². The van der Waals surface area contributed by atoms with E-state index in [-0.39, 0.29) is 6.61 Å². The van der Waals surface area contributed by atoms with Gasteiger partial charge in [-0.3, -0.25) is 0 Å². The fraction of sp³-hybridized carbons (Fsp3) is 0.400. The van der Waals surface area contributed by atoms with E-state index in [2.05, 4.69) is 41.8 Å².